The molecule has 1 aliphatic rings. The van der Waals surface area contributed by atoms with E-state index in [4.69, 9.17) is 4.74 Å². The predicted molar refractivity (Wildman–Crippen MR) is 50.6 cm³/mol. The summed E-state index contributed by atoms with van der Waals surface area (Å²) in [5, 5.41) is 0. The molecular weight excluding hydrogens is 206 g/mol. The standard InChI is InChI=1S/C8H12BrNO/c1-6(11-2)8-7(9)4-3-5-10-8/h3-8H,1-2H3/t6-,7?,8?/m0/s1. The van der Waals surface area contributed by atoms with Crippen molar-refractivity contribution in [1.29, 1.82) is 0 Å². The van der Waals surface area contributed by atoms with Crippen molar-refractivity contribution in [3.8, 4) is 0 Å². The average Bonchev–Trinajstić information content (AvgIpc) is 2.04. The van der Waals surface area contributed by atoms with E-state index in [1.54, 1.807) is 7.11 Å². The van der Waals surface area contributed by atoms with Crippen LogP contribution in [0.3, 0.4) is 0 Å². The molecule has 1 heterocycles. The van der Waals surface area contributed by atoms with Crippen LogP contribution in [0.1, 0.15) is 6.92 Å². The Kier molecular flexibility index (Phi) is 3.27. The van der Waals surface area contributed by atoms with Gasteiger partial charge in [0.2, 0.25) is 0 Å². The van der Waals surface area contributed by atoms with Crippen LogP contribution in [0.25, 0.3) is 0 Å². The van der Waals surface area contributed by atoms with Gasteiger partial charge < -0.3 is 4.74 Å². The van der Waals surface area contributed by atoms with Gasteiger partial charge in [-0.1, -0.05) is 22.0 Å². The first kappa shape index (κ1) is 8.94. The van der Waals surface area contributed by atoms with Gasteiger partial charge in [0, 0.05) is 13.3 Å². The molecule has 0 aromatic carbocycles. The van der Waals surface area contributed by atoms with Gasteiger partial charge in [-0.3, -0.25) is 4.99 Å². The molecule has 0 spiro atoms. The first-order chi connectivity index (χ1) is 5.25. The average molecular weight is 218 g/mol. The van der Waals surface area contributed by atoms with Crippen LogP contribution in [-0.4, -0.2) is 30.3 Å². The molecular formula is C8H12BrNO. The van der Waals surface area contributed by atoms with E-state index in [0.29, 0.717) is 4.83 Å². The van der Waals surface area contributed by atoms with Crippen molar-refractivity contribution >= 4 is 22.1 Å². The number of halogens is 1. The topological polar surface area (TPSA) is 21.6 Å². The summed E-state index contributed by atoms with van der Waals surface area (Å²) in [5.74, 6) is 0. The van der Waals surface area contributed by atoms with Crippen LogP contribution in [0.15, 0.2) is 17.1 Å². The summed E-state index contributed by atoms with van der Waals surface area (Å²) in [6, 6.07) is 0.213. The molecule has 0 N–H and O–H groups in total. The highest BCUT2D eigenvalue weighted by Gasteiger charge is 2.22. The Morgan fingerprint density at radius 1 is 1.64 bits per heavy atom. The monoisotopic (exact) mass is 217 g/mol. The normalized spacial score (nSPS) is 32.3. The van der Waals surface area contributed by atoms with E-state index in [0.717, 1.165) is 0 Å². The van der Waals surface area contributed by atoms with Crippen LogP contribution in [0, 0.1) is 0 Å². The summed E-state index contributed by atoms with van der Waals surface area (Å²) in [6.07, 6.45) is 6.00. The number of rotatable bonds is 2. The second kappa shape index (κ2) is 4.02. The Balaban J connectivity index is 2.58. The van der Waals surface area contributed by atoms with Crippen molar-refractivity contribution in [2.45, 2.75) is 23.9 Å². The van der Waals surface area contributed by atoms with E-state index in [9.17, 15) is 0 Å². The van der Waals surface area contributed by atoms with E-state index in [1.165, 1.54) is 0 Å². The Labute approximate surface area is 75.5 Å². The van der Waals surface area contributed by atoms with Gasteiger partial charge in [0.05, 0.1) is 17.0 Å². The molecule has 0 fully saturated rings. The van der Waals surface area contributed by atoms with Crippen molar-refractivity contribution in [3.63, 3.8) is 0 Å². The first-order valence-corrected chi connectivity index (χ1v) is 4.54. The van der Waals surface area contributed by atoms with Crippen LogP contribution in [0.2, 0.25) is 0 Å². The fourth-order valence-electron chi connectivity index (χ4n) is 1.02. The van der Waals surface area contributed by atoms with Gasteiger partial charge in [0.1, 0.15) is 0 Å². The molecule has 2 nitrogen and oxygen atoms in total. The zero-order chi connectivity index (χ0) is 8.27. The molecule has 0 aliphatic carbocycles. The molecule has 0 amide bonds. The lowest BCUT2D eigenvalue weighted by atomic mass is 10.1. The minimum atomic E-state index is 0.167. The summed E-state index contributed by atoms with van der Waals surface area (Å²) in [7, 11) is 1.71. The first-order valence-electron chi connectivity index (χ1n) is 3.62. The maximum absolute atomic E-state index is 5.18. The number of hydrogen-bond acceptors (Lipinski definition) is 2. The molecule has 1 rings (SSSR count). The second-order valence-electron chi connectivity index (χ2n) is 2.56. The van der Waals surface area contributed by atoms with E-state index in [1.807, 2.05) is 19.2 Å². The number of aliphatic imine (C=N–C) groups is 1. The molecule has 0 radical (unpaired) electrons. The lowest BCUT2D eigenvalue weighted by Crippen LogP contribution is -2.32. The van der Waals surface area contributed by atoms with E-state index < -0.39 is 0 Å². The number of dihydropyridines is 1. The van der Waals surface area contributed by atoms with Gasteiger partial charge in [0.25, 0.3) is 0 Å². The number of allylic oxidation sites excluding steroid dienone is 1. The summed E-state index contributed by atoms with van der Waals surface area (Å²) in [4.78, 5) is 4.61. The summed E-state index contributed by atoms with van der Waals surface area (Å²) in [5.41, 5.74) is 0. The quantitative estimate of drug-likeness (QED) is 0.647. The molecule has 1 aliphatic heterocycles. The van der Waals surface area contributed by atoms with Gasteiger partial charge in [-0.2, -0.15) is 0 Å². The van der Waals surface area contributed by atoms with Crippen LogP contribution >= 0.6 is 15.9 Å². The molecule has 0 saturated heterocycles. The predicted octanol–water partition coefficient (Wildman–Crippen LogP) is 1.79. The van der Waals surface area contributed by atoms with Crippen LogP contribution in [0.5, 0.6) is 0 Å². The number of alkyl halides is 1. The van der Waals surface area contributed by atoms with Gasteiger partial charge in [0.15, 0.2) is 0 Å². The fraction of sp³-hybridized carbons (Fsp3) is 0.625. The Bertz CT molecular complexity index is 179. The molecule has 0 aromatic rings. The van der Waals surface area contributed by atoms with Crippen molar-refractivity contribution in [2.24, 2.45) is 4.99 Å². The van der Waals surface area contributed by atoms with Gasteiger partial charge in [-0.25, -0.2) is 0 Å². The lowest BCUT2D eigenvalue weighted by Gasteiger charge is -2.23. The van der Waals surface area contributed by atoms with Crippen LogP contribution in [0.4, 0.5) is 0 Å². The molecule has 3 atom stereocenters. The van der Waals surface area contributed by atoms with Gasteiger partial charge in [-0.15, -0.1) is 0 Å². The van der Waals surface area contributed by atoms with Crippen molar-refractivity contribution in [2.75, 3.05) is 7.11 Å². The third kappa shape index (κ3) is 2.14. The summed E-state index contributed by atoms with van der Waals surface area (Å²) in [6.45, 7) is 2.02. The summed E-state index contributed by atoms with van der Waals surface area (Å²) < 4.78 is 5.18. The molecule has 0 aromatic heterocycles. The van der Waals surface area contributed by atoms with E-state index in [2.05, 4.69) is 27.0 Å². The zero-order valence-corrected chi connectivity index (χ0v) is 8.28. The fourth-order valence-corrected chi connectivity index (χ4v) is 1.76. The number of hydrogen-bond donors (Lipinski definition) is 0. The molecule has 0 bridgehead atoms. The Hall–Kier alpha value is -0.150. The molecule has 62 valence electrons. The largest absolute Gasteiger partial charge is 0.379 e. The minimum absolute atomic E-state index is 0.167. The Morgan fingerprint density at radius 3 is 2.91 bits per heavy atom. The van der Waals surface area contributed by atoms with E-state index in [-0.39, 0.29) is 12.1 Å². The number of nitrogens with zero attached hydrogens (tertiary/aromatic N) is 1. The highest BCUT2D eigenvalue weighted by molar-refractivity contribution is 9.09. The molecule has 0 saturated carbocycles. The number of ether oxygens (including phenoxy) is 1. The maximum atomic E-state index is 5.18. The van der Waals surface area contributed by atoms with Gasteiger partial charge >= 0.3 is 0 Å². The highest BCUT2D eigenvalue weighted by Crippen LogP contribution is 2.18. The molecule has 2 unspecified atom stereocenters. The maximum Gasteiger partial charge on any atom is 0.0917 e. The van der Waals surface area contributed by atoms with Crippen LogP contribution in [-0.2, 0) is 4.74 Å². The highest BCUT2D eigenvalue weighted by atomic mass is 79.9. The summed E-state index contributed by atoms with van der Waals surface area (Å²) >= 11 is 3.52. The minimum Gasteiger partial charge on any atom is -0.379 e. The number of methoxy groups -OCH3 is 1. The Morgan fingerprint density at radius 2 is 2.36 bits per heavy atom. The van der Waals surface area contributed by atoms with Crippen molar-refractivity contribution < 1.29 is 4.74 Å². The second-order valence-corrected chi connectivity index (χ2v) is 3.62. The molecule has 3 heteroatoms. The van der Waals surface area contributed by atoms with Gasteiger partial charge in [-0.05, 0) is 13.0 Å². The SMILES string of the molecule is CO[C@@H](C)C1N=CC=CC1Br. The lowest BCUT2D eigenvalue weighted by molar-refractivity contribution is 0.0987. The smallest absolute Gasteiger partial charge is 0.0917 e. The third-order valence-electron chi connectivity index (χ3n) is 1.82. The third-order valence-corrected chi connectivity index (χ3v) is 2.67. The van der Waals surface area contributed by atoms with E-state index >= 15 is 0 Å². The van der Waals surface area contributed by atoms with Crippen LogP contribution < -0.4 is 0 Å². The van der Waals surface area contributed by atoms with Crippen molar-refractivity contribution in [3.05, 3.63) is 12.2 Å². The van der Waals surface area contributed by atoms with Crippen molar-refractivity contribution in [1.82, 2.24) is 0 Å². The molecule has 11 heavy (non-hydrogen) atoms. The zero-order valence-electron chi connectivity index (χ0n) is 6.70.